The van der Waals surface area contributed by atoms with Crippen LogP contribution in [0.2, 0.25) is 0 Å². The first-order valence-electron chi connectivity index (χ1n) is 4.92. The van der Waals surface area contributed by atoms with Crippen LogP contribution in [0.5, 0.6) is 0 Å². The Kier molecular flexibility index (Phi) is 4.58. The predicted octanol–water partition coefficient (Wildman–Crippen LogP) is 0.965. The van der Waals surface area contributed by atoms with Gasteiger partial charge >= 0.3 is 5.97 Å². The van der Waals surface area contributed by atoms with Crippen LogP contribution in [0.3, 0.4) is 0 Å². The van der Waals surface area contributed by atoms with Crippen molar-refractivity contribution in [3.05, 3.63) is 29.3 Å². The molecule has 0 unspecified atom stereocenters. The maximum Gasteiger partial charge on any atom is 0.341 e. The van der Waals surface area contributed by atoms with Gasteiger partial charge in [-0.25, -0.2) is 22.0 Å². The van der Waals surface area contributed by atoms with Gasteiger partial charge in [-0.2, -0.15) is 4.72 Å². The van der Waals surface area contributed by atoms with E-state index >= 15 is 0 Å². The summed E-state index contributed by atoms with van der Waals surface area (Å²) in [6.45, 7) is 1.22. The summed E-state index contributed by atoms with van der Waals surface area (Å²) >= 11 is 0. The Morgan fingerprint density at radius 1 is 1.42 bits per heavy atom. The number of nitrogens with one attached hydrogen (secondary N) is 1. The smallest absolute Gasteiger partial charge is 0.341 e. The van der Waals surface area contributed by atoms with E-state index in [0.717, 1.165) is 0 Å². The fraction of sp³-hybridized carbons (Fsp3) is 0.182. The van der Waals surface area contributed by atoms with Crippen molar-refractivity contribution in [1.29, 1.82) is 0 Å². The van der Waals surface area contributed by atoms with E-state index in [9.17, 15) is 22.0 Å². The fourth-order valence-electron chi connectivity index (χ4n) is 1.23. The van der Waals surface area contributed by atoms with Gasteiger partial charge in [0, 0.05) is 0 Å². The molecule has 0 aliphatic carbocycles. The largest absolute Gasteiger partial charge is 0.477 e. The lowest BCUT2D eigenvalue weighted by Crippen LogP contribution is -2.26. The number of carboxylic acids is 1. The second-order valence-corrected chi connectivity index (χ2v) is 5.03. The van der Waals surface area contributed by atoms with E-state index in [4.69, 9.17) is 5.11 Å². The first-order valence-corrected chi connectivity index (χ1v) is 6.40. The summed E-state index contributed by atoms with van der Waals surface area (Å²) in [4.78, 5) is 9.72. The molecular formula is C11H9F2NO4S. The van der Waals surface area contributed by atoms with Gasteiger partial charge in [0.25, 0.3) is 0 Å². The van der Waals surface area contributed by atoms with Gasteiger partial charge in [-0.05, 0) is 19.1 Å². The van der Waals surface area contributed by atoms with Crippen LogP contribution in [0.1, 0.15) is 17.3 Å². The van der Waals surface area contributed by atoms with E-state index in [1.807, 2.05) is 4.72 Å². The minimum absolute atomic E-state index is 0.266. The molecule has 5 nitrogen and oxygen atoms in total. The van der Waals surface area contributed by atoms with E-state index in [-0.39, 0.29) is 6.54 Å². The van der Waals surface area contributed by atoms with Gasteiger partial charge in [0.15, 0.2) is 5.82 Å². The number of aromatic carboxylic acids is 1. The highest BCUT2D eigenvalue weighted by Gasteiger charge is 2.26. The van der Waals surface area contributed by atoms with Gasteiger partial charge in [0.1, 0.15) is 16.3 Å². The van der Waals surface area contributed by atoms with Gasteiger partial charge in [-0.1, -0.05) is 5.92 Å². The third kappa shape index (κ3) is 3.27. The summed E-state index contributed by atoms with van der Waals surface area (Å²) in [7, 11) is -4.29. The Balaban J connectivity index is 3.31. The highest BCUT2D eigenvalue weighted by atomic mass is 32.2. The lowest BCUT2D eigenvalue weighted by atomic mass is 10.2. The lowest BCUT2D eigenvalue weighted by Gasteiger charge is -2.07. The van der Waals surface area contributed by atoms with E-state index < -0.39 is 38.1 Å². The zero-order valence-corrected chi connectivity index (χ0v) is 10.5. The normalized spacial score (nSPS) is 10.7. The molecular weight excluding hydrogens is 280 g/mol. The topological polar surface area (TPSA) is 83.5 Å². The third-order valence-electron chi connectivity index (χ3n) is 2.09. The number of hydrogen-bond donors (Lipinski definition) is 2. The molecule has 0 radical (unpaired) electrons. The molecule has 2 N–H and O–H groups in total. The molecule has 0 saturated heterocycles. The molecule has 0 fully saturated rings. The van der Waals surface area contributed by atoms with Crippen LogP contribution in [-0.4, -0.2) is 26.0 Å². The van der Waals surface area contributed by atoms with Crippen molar-refractivity contribution in [2.24, 2.45) is 0 Å². The maximum atomic E-state index is 13.7. The fourth-order valence-corrected chi connectivity index (χ4v) is 2.24. The Morgan fingerprint density at radius 3 is 2.58 bits per heavy atom. The molecule has 0 amide bonds. The van der Waals surface area contributed by atoms with Crippen LogP contribution in [0.25, 0.3) is 0 Å². The summed E-state index contributed by atoms with van der Waals surface area (Å²) in [5.41, 5.74) is -1.32. The summed E-state index contributed by atoms with van der Waals surface area (Å²) in [6.07, 6.45) is 0. The Labute approximate surface area is 108 Å². The van der Waals surface area contributed by atoms with Gasteiger partial charge in [-0.15, -0.1) is 5.92 Å². The molecule has 0 saturated carbocycles. The summed E-state index contributed by atoms with van der Waals surface area (Å²) in [6, 6.07) is 1.23. The Hall–Kier alpha value is -1.98. The van der Waals surface area contributed by atoms with Gasteiger partial charge in [0.2, 0.25) is 10.0 Å². The number of rotatable bonds is 4. The molecule has 0 aliphatic rings. The average Bonchev–Trinajstić information content (AvgIpc) is 2.28. The first-order chi connectivity index (χ1) is 8.81. The second-order valence-electron chi connectivity index (χ2n) is 3.29. The van der Waals surface area contributed by atoms with Gasteiger partial charge < -0.3 is 5.11 Å². The van der Waals surface area contributed by atoms with Crippen molar-refractivity contribution in [3.8, 4) is 11.8 Å². The van der Waals surface area contributed by atoms with Crippen LogP contribution in [0, 0.1) is 23.5 Å². The van der Waals surface area contributed by atoms with Crippen molar-refractivity contribution in [2.45, 2.75) is 11.8 Å². The van der Waals surface area contributed by atoms with Crippen molar-refractivity contribution in [2.75, 3.05) is 6.54 Å². The molecule has 8 heteroatoms. The number of carbonyl (C=O) groups is 1. The molecule has 19 heavy (non-hydrogen) atoms. The van der Waals surface area contributed by atoms with E-state index in [1.54, 1.807) is 0 Å². The van der Waals surface area contributed by atoms with E-state index in [0.29, 0.717) is 12.1 Å². The standard InChI is InChI=1S/C11H9F2NO4S/c1-2-3-6-14-19(17,18)8-5-4-7(12)9(10(8)13)11(15)16/h4-5,14H,6H2,1H3,(H,15,16). The molecule has 0 aliphatic heterocycles. The van der Waals surface area contributed by atoms with Crippen LogP contribution in [0.4, 0.5) is 8.78 Å². The number of benzene rings is 1. The van der Waals surface area contributed by atoms with E-state index in [2.05, 4.69) is 11.8 Å². The first kappa shape index (κ1) is 15.1. The lowest BCUT2D eigenvalue weighted by molar-refractivity contribution is 0.0685. The summed E-state index contributed by atoms with van der Waals surface area (Å²) < 4.78 is 52.1. The molecule has 0 spiro atoms. The molecule has 1 rings (SSSR count). The zero-order chi connectivity index (χ0) is 14.6. The minimum atomic E-state index is -4.29. The van der Waals surface area contributed by atoms with Crippen LogP contribution in [0.15, 0.2) is 17.0 Å². The molecule has 0 atom stereocenters. The van der Waals surface area contributed by atoms with Gasteiger partial charge in [0.05, 0.1) is 6.54 Å². The molecule has 0 bridgehead atoms. The SMILES string of the molecule is CC#CCNS(=O)(=O)c1ccc(F)c(C(=O)O)c1F. The molecule has 1 aromatic rings. The number of hydrogen-bond acceptors (Lipinski definition) is 3. The highest BCUT2D eigenvalue weighted by molar-refractivity contribution is 7.89. The average molecular weight is 289 g/mol. The summed E-state index contributed by atoms with van der Waals surface area (Å²) in [5.74, 6) is -0.0774. The quantitative estimate of drug-likeness (QED) is 0.809. The molecule has 1 aromatic carbocycles. The Morgan fingerprint density at radius 2 is 2.05 bits per heavy atom. The monoisotopic (exact) mass is 289 g/mol. The van der Waals surface area contributed by atoms with Crippen molar-refractivity contribution in [1.82, 2.24) is 4.72 Å². The maximum absolute atomic E-state index is 13.7. The van der Waals surface area contributed by atoms with E-state index in [1.165, 1.54) is 6.92 Å². The minimum Gasteiger partial charge on any atom is -0.477 e. The molecule has 0 heterocycles. The third-order valence-corrected chi connectivity index (χ3v) is 3.51. The number of carboxylic acid groups (broad SMARTS) is 1. The van der Waals surface area contributed by atoms with Crippen LogP contribution >= 0.6 is 0 Å². The molecule has 0 aromatic heterocycles. The number of sulfonamides is 1. The predicted molar refractivity (Wildman–Crippen MR) is 62.0 cm³/mol. The van der Waals surface area contributed by atoms with Crippen LogP contribution < -0.4 is 4.72 Å². The molecule has 102 valence electrons. The number of halogens is 2. The highest BCUT2D eigenvalue weighted by Crippen LogP contribution is 2.20. The van der Waals surface area contributed by atoms with Gasteiger partial charge in [-0.3, -0.25) is 0 Å². The zero-order valence-electron chi connectivity index (χ0n) is 9.70. The van der Waals surface area contributed by atoms with Crippen molar-refractivity contribution < 1.29 is 27.1 Å². The Bertz CT molecular complexity index is 674. The van der Waals surface area contributed by atoms with Crippen LogP contribution in [-0.2, 0) is 10.0 Å². The van der Waals surface area contributed by atoms with Crippen molar-refractivity contribution >= 4 is 16.0 Å². The summed E-state index contributed by atoms with van der Waals surface area (Å²) in [5, 5.41) is 8.63. The second kappa shape index (κ2) is 5.77. The van der Waals surface area contributed by atoms with Crippen molar-refractivity contribution in [3.63, 3.8) is 0 Å².